The van der Waals surface area contributed by atoms with Gasteiger partial charge in [0.15, 0.2) is 0 Å². The number of anilines is 1. The number of nitrogens with one attached hydrogen (secondary N) is 1. The average molecular weight is 191 g/mol. The first-order valence-corrected chi connectivity index (χ1v) is 5.56. The third kappa shape index (κ3) is 3.41. The minimum atomic E-state index is 0.801. The molecule has 0 fully saturated rings. The number of aryl methyl sites for hydroxylation is 1. The van der Waals surface area contributed by atoms with Gasteiger partial charge in [-0.05, 0) is 30.5 Å². The van der Waals surface area contributed by atoms with Gasteiger partial charge in [0.25, 0.3) is 0 Å². The zero-order valence-electron chi connectivity index (χ0n) is 9.51. The van der Waals surface area contributed by atoms with Crippen LogP contribution in [0.3, 0.4) is 0 Å². The summed E-state index contributed by atoms with van der Waals surface area (Å²) in [6, 6.07) is 8.56. The fraction of sp³-hybridized carbons (Fsp3) is 0.538. The molecule has 0 atom stereocenters. The summed E-state index contributed by atoms with van der Waals surface area (Å²) in [6.07, 6.45) is 2.52. The molecule has 0 aliphatic heterocycles. The van der Waals surface area contributed by atoms with E-state index in [1.165, 1.54) is 24.1 Å². The molecular formula is C13H21N. The molecule has 1 rings (SSSR count). The molecule has 14 heavy (non-hydrogen) atoms. The highest BCUT2D eigenvalue weighted by Gasteiger charge is 2.02. The lowest BCUT2D eigenvalue weighted by Crippen LogP contribution is -2.12. The second-order valence-electron chi connectivity index (χ2n) is 3.93. The monoisotopic (exact) mass is 191 g/mol. The van der Waals surface area contributed by atoms with Crippen LogP contribution in [-0.2, 0) is 0 Å². The van der Waals surface area contributed by atoms with Crippen molar-refractivity contribution in [2.24, 2.45) is 5.92 Å². The molecule has 1 N–H and O–H groups in total. The van der Waals surface area contributed by atoms with E-state index < -0.39 is 0 Å². The summed E-state index contributed by atoms with van der Waals surface area (Å²) in [5.74, 6) is 0.801. The molecule has 78 valence electrons. The molecular weight excluding hydrogens is 170 g/mol. The molecule has 0 saturated carbocycles. The molecule has 1 aromatic carbocycles. The number of benzene rings is 1. The van der Waals surface area contributed by atoms with Crippen molar-refractivity contribution in [3.8, 4) is 0 Å². The predicted octanol–water partition coefficient (Wildman–Crippen LogP) is 3.84. The standard InChI is InChI=1S/C13H21N/c1-4-12(5-2)10-14-13-8-6-7-11(3)9-13/h6-9,12,14H,4-5,10H2,1-3H3. The molecule has 0 heterocycles. The second kappa shape index (κ2) is 5.69. The normalized spacial score (nSPS) is 10.6. The molecule has 0 aliphatic carbocycles. The summed E-state index contributed by atoms with van der Waals surface area (Å²) in [5.41, 5.74) is 2.57. The van der Waals surface area contributed by atoms with Crippen LogP contribution in [0.4, 0.5) is 5.69 Å². The molecule has 0 saturated heterocycles. The Hall–Kier alpha value is -0.980. The number of hydrogen-bond acceptors (Lipinski definition) is 1. The Bertz CT molecular complexity index is 264. The summed E-state index contributed by atoms with van der Waals surface area (Å²) in [6.45, 7) is 7.73. The van der Waals surface area contributed by atoms with Crippen molar-refractivity contribution in [1.29, 1.82) is 0 Å². The van der Waals surface area contributed by atoms with Gasteiger partial charge >= 0.3 is 0 Å². The Morgan fingerprint density at radius 1 is 1.21 bits per heavy atom. The van der Waals surface area contributed by atoms with E-state index in [0.717, 1.165) is 12.5 Å². The molecule has 1 aromatic rings. The summed E-state index contributed by atoms with van der Waals surface area (Å²) in [4.78, 5) is 0. The van der Waals surface area contributed by atoms with Crippen LogP contribution in [0.1, 0.15) is 32.3 Å². The molecule has 0 bridgehead atoms. The zero-order valence-corrected chi connectivity index (χ0v) is 9.51. The maximum Gasteiger partial charge on any atom is 0.0342 e. The molecule has 0 radical (unpaired) electrons. The van der Waals surface area contributed by atoms with Crippen LogP contribution >= 0.6 is 0 Å². The van der Waals surface area contributed by atoms with E-state index >= 15 is 0 Å². The smallest absolute Gasteiger partial charge is 0.0342 e. The highest BCUT2D eigenvalue weighted by atomic mass is 14.9. The minimum Gasteiger partial charge on any atom is -0.385 e. The van der Waals surface area contributed by atoms with Gasteiger partial charge in [-0.3, -0.25) is 0 Å². The van der Waals surface area contributed by atoms with E-state index in [1.54, 1.807) is 0 Å². The van der Waals surface area contributed by atoms with E-state index in [1.807, 2.05) is 0 Å². The van der Waals surface area contributed by atoms with Crippen molar-refractivity contribution >= 4 is 5.69 Å². The van der Waals surface area contributed by atoms with E-state index in [-0.39, 0.29) is 0 Å². The molecule has 1 nitrogen and oxygen atoms in total. The number of rotatable bonds is 5. The third-order valence-electron chi connectivity index (χ3n) is 2.77. The van der Waals surface area contributed by atoms with Crippen molar-refractivity contribution in [2.75, 3.05) is 11.9 Å². The minimum absolute atomic E-state index is 0.801. The lowest BCUT2D eigenvalue weighted by atomic mass is 10.0. The maximum atomic E-state index is 3.49. The molecule has 0 amide bonds. The van der Waals surface area contributed by atoms with Crippen LogP contribution in [0.2, 0.25) is 0 Å². The van der Waals surface area contributed by atoms with Crippen molar-refractivity contribution in [3.63, 3.8) is 0 Å². The molecule has 0 aliphatic rings. The molecule has 0 aromatic heterocycles. The van der Waals surface area contributed by atoms with Gasteiger partial charge in [0.2, 0.25) is 0 Å². The highest BCUT2D eigenvalue weighted by molar-refractivity contribution is 5.45. The van der Waals surface area contributed by atoms with Crippen molar-refractivity contribution in [3.05, 3.63) is 29.8 Å². The van der Waals surface area contributed by atoms with E-state index in [2.05, 4.69) is 50.4 Å². The predicted molar refractivity (Wildman–Crippen MR) is 63.7 cm³/mol. The first-order valence-electron chi connectivity index (χ1n) is 5.56. The van der Waals surface area contributed by atoms with Crippen molar-refractivity contribution in [2.45, 2.75) is 33.6 Å². The Balaban J connectivity index is 2.44. The van der Waals surface area contributed by atoms with Crippen LogP contribution in [0.5, 0.6) is 0 Å². The number of hydrogen-bond donors (Lipinski definition) is 1. The summed E-state index contributed by atoms with van der Waals surface area (Å²) < 4.78 is 0. The lowest BCUT2D eigenvalue weighted by Gasteiger charge is -2.14. The van der Waals surface area contributed by atoms with Gasteiger partial charge in [-0.1, -0.05) is 38.8 Å². The van der Waals surface area contributed by atoms with E-state index in [4.69, 9.17) is 0 Å². The van der Waals surface area contributed by atoms with Crippen molar-refractivity contribution < 1.29 is 0 Å². The Morgan fingerprint density at radius 3 is 2.50 bits per heavy atom. The largest absolute Gasteiger partial charge is 0.385 e. The summed E-state index contributed by atoms with van der Waals surface area (Å²) >= 11 is 0. The van der Waals surface area contributed by atoms with E-state index in [9.17, 15) is 0 Å². The summed E-state index contributed by atoms with van der Waals surface area (Å²) in [7, 11) is 0. The fourth-order valence-corrected chi connectivity index (χ4v) is 1.59. The average Bonchev–Trinajstić information content (AvgIpc) is 2.19. The molecule has 0 unspecified atom stereocenters. The van der Waals surface area contributed by atoms with Crippen LogP contribution in [0.25, 0.3) is 0 Å². The third-order valence-corrected chi connectivity index (χ3v) is 2.77. The first kappa shape index (κ1) is 11.1. The van der Waals surface area contributed by atoms with Gasteiger partial charge in [-0.2, -0.15) is 0 Å². The van der Waals surface area contributed by atoms with Gasteiger partial charge in [0.1, 0.15) is 0 Å². The van der Waals surface area contributed by atoms with Crippen LogP contribution in [0.15, 0.2) is 24.3 Å². The van der Waals surface area contributed by atoms with Gasteiger partial charge in [0, 0.05) is 12.2 Å². The van der Waals surface area contributed by atoms with Crippen molar-refractivity contribution in [1.82, 2.24) is 0 Å². The Morgan fingerprint density at radius 2 is 1.93 bits per heavy atom. The second-order valence-corrected chi connectivity index (χ2v) is 3.93. The lowest BCUT2D eigenvalue weighted by molar-refractivity contribution is 0.519. The zero-order chi connectivity index (χ0) is 10.4. The SMILES string of the molecule is CCC(CC)CNc1cccc(C)c1. The van der Waals surface area contributed by atoms with Crippen LogP contribution in [0, 0.1) is 12.8 Å². The summed E-state index contributed by atoms with van der Waals surface area (Å²) in [5, 5.41) is 3.49. The van der Waals surface area contributed by atoms with Gasteiger partial charge in [-0.15, -0.1) is 0 Å². The highest BCUT2D eigenvalue weighted by Crippen LogP contribution is 2.12. The Labute approximate surface area is 87.5 Å². The molecule has 1 heteroatoms. The van der Waals surface area contributed by atoms with Gasteiger partial charge < -0.3 is 5.32 Å². The maximum absolute atomic E-state index is 3.49. The van der Waals surface area contributed by atoms with Gasteiger partial charge in [0.05, 0.1) is 0 Å². The first-order chi connectivity index (χ1) is 6.76. The Kier molecular flexibility index (Phi) is 4.51. The quantitative estimate of drug-likeness (QED) is 0.745. The van der Waals surface area contributed by atoms with Crippen LogP contribution in [-0.4, -0.2) is 6.54 Å². The van der Waals surface area contributed by atoms with E-state index in [0.29, 0.717) is 0 Å². The van der Waals surface area contributed by atoms with Gasteiger partial charge in [-0.25, -0.2) is 0 Å². The molecule has 0 spiro atoms. The topological polar surface area (TPSA) is 12.0 Å². The fourth-order valence-electron chi connectivity index (χ4n) is 1.59. The van der Waals surface area contributed by atoms with Crippen LogP contribution < -0.4 is 5.32 Å².